The third-order valence-electron chi connectivity index (χ3n) is 6.28. The first-order chi connectivity index (χ1) is 16.4. The predicted molar refractivity (Wildman–Crippen MR) is 128 cm³/mol. The molecule has 1 aliphatic heterocycles. The number of carbonyl (C=O) groups is 1. The second-order valence-electron chi connectivity index (χ2n) is 8.44. The number of amides is 1. The number of piperazine rings is 1. The zero-order chi connectivity index (χ0) is 23.8. The highest BCUT2D eigenvalue weighted by Crippen LogP contribution is 2.20. The number of anilines is 1. The number of aromatic amines is 1. The van der Waals surface area contributed by atoms with Gasteiger partial charge in [-0.1, -0.05) is 30.3 Å². The van der Waals surface area contributed by atoms with Crippen LogP contribution in [-0.4, -0.2) is 51.1 Å². The SMILES string of the molecule is Cn1cc(C(=O)N2CCN(c3ccc(F)cc3)CC2)c2[nH]c(=O)n(Cc3ccccc3)c(=O)c21. The van der Waals surface area contributed by atoms with Gasteiger partial charge >= 0.3 is 5.69 Å². The van der Waals surface area contributed by atoms with Crippen LogP contribution in [0, 0.1) is 5.82 Å². The molecule has 174 valence electrons. The van der Waals surface area contributed by atoms with Gasteiger partial charge in [-0.05, 0) is 29.8 Å². The molecule has 34 heavy (non-hydrogen) atoms. The van der Waals surface area contributed by atoms with Crippen molar-refractivity contribution in [3.63, 3.8) is 0 Å². The second-order valence-corrected chi connectivity index (χ2v) is 8.44. The van der Waals surface area contributed by atoms with Crippen molar-refractivity contribution in [1.29, 1.82) is 0 Å². The standard InChI is InChI=1S/C25H24FN5O3/c1-28-16-20(23(32)30-13-11-29(12-14-30)19-9-7-18(26)8-10-19)21-22(28)24(33)31(25(34)27-21)15-17-5-3-2-4-6-17/h2-10,16H,11-15H2,1H3,(H,27,34). The molecular formula is C25H24FN5O3. The van der Waals surface area contributed by atoms with Crippen LogP contribution in [0.25, 0.3) is 11.0 Å². The van der Waals surface area contributed by atoms with E-state index in [-0.39, 0.29) is 29.3 Å². The van der Waals surface area contributed by atoms with E-state index >= 15 is 0 Å². The maximum absolute atomic E-state index is 13.3. The van der Waals surface area contributed by atoms with Crippen molar-refractivity contribution in [1.82, 2.24) is 19.0 Å². The topological polar surface area (TPSA) is 83.3 Å². The zero-order valence-electron chi connectivity index (χ0n) is 18.7. The molecule has 2 aromatic carbocycles. The van der Waals surface area contributed by atoms with Gasteiger partial charge in [0.25, 0.3) is 11.5 Å². The molecule has 4 aromatic rings. The van der Waals surface area contributed by atoms with E-state index in [9.17, 15) is 18.8 Å². The molecule has 3 heterocycles. The molecule has 2 aromatic heterocycles. The van der Waals surface area contributed by atoms with E-state index in [0.29, 0.717) is 31.7 Å². The Morgan fingerprint density at radius 3 is 2.32 bits per heavy atom. The first kappa shape index (κ1) is 21.7. The van der Waals surface area contributed by atoms with Crippen molar-refractivity contribution in [2.45, 2.75) is 6.54 Å². The number of nitrogens with zero attached hydrogens (tertiary/aromatic N) is 4. The van der Waals surface area contributed by atoms with E-state index in [2.05, 4.69) is 9.88 Å². The molecule has 0 bridgehead atoms. The lowest BCUT2D eigenvalue weighted by Crippen LogP contribution is -2.48. The highest BCUT2D eigenvalue weighted by Gasteiger charge is 2.26. The summed E-state index contributed by atoms with van der Waals surface area (Å²) in [6.07, 6.45) is 1.60. The molecule has 1 aliphatic rings. The van der Waals surface area contributed by atoms with Crippen LogP contribution in [0.3, 0.4) is 0 Å². The number of nitrogens with one attached hydrogen (secondary N) is 1. The Balaban J connectivity index is 1.41. The van der Waals surface area contributed by atoms with Gasteiger partial charge in [-0.2, -0.15) is 0 Å². The fourth-order valence-corrected chi connectivity index (χ4v) is 4.47. The van der Waals surface area contributed by atoms with Gasteiger partial charge in [0.05, 0.1) is 17.6 Å². The largest absolute Gasteiger partial charge is 0.368 e. The number of rotatable bonds is 4. The van der Waals surface area contributed by atoms with Gasteiger partial charge in [0, 0.05) is 45.1 Å². The Labute approximate surface area is 194 Å². The van der Waals surface area contributed by atoms with Crippen LogP contribution in [0.1, 0.15) is 15.9 Å². The zero-order valence-corrected chi connectivity index (χ0v) is 18.7. The van der Waals surface area contributed by atoms with Gasteiger partial charge in [0.1, 0.15) is 11.3 Å². The minimum Gasteiger partial charge on any atom is -0.368 e. The Kier molecular flexibility index (Phi) is 5.53. The molecule has 5 rings (SSSR count). The Morgan fingerprint density at radius 2 is 1.65 bits per heavy atom. The molecule has 1 saturated heterocycles. The molecule has 0 saturated carbocycles. The van der Waals surface area contributed by atoms with Crippen LogP contribution < -0.4 is 16.1 Å². The lowest BCUT2D eigenvalue weighted by atomic mass is 10.2. The van der Waals surface area contributed by atoms with Crippen molar-refractivity contribution >= 4 is 22.6 Å². The molecule has 1 N–H and O–H groups in total. The third kappa shape index (κ3) is 3.89. The Hall–Kier alpha value is -4.14. The average Bonchev–Trinajstić information content (AvgIpc) is 3.18. The maximum Gasteiger partial charge on any atom is 0.329 e. The number of aryl methyl sites for hydroxylation is 1. The van der Waals surface area contributed by atoms with E-state index < -0.39 is 11.2 Å². The van der Waals surface area contributed by atoms with Gasteiger partial charge in [-0.25, -0.2) is 9.18 Å². The lowest BCUT2D eigenvalue weighted by Gasteiger charge is -2.36. The molecule has 0 aliphatic carbocycles. The average molecular weight is 461 g/mol. The van der Waals surface area contributed by atoms with Gasteiger partial charge < -0.3 is 19.4 Å². The number of hydrogen-bond donors (Lipinski definition) is 1. The van der Waals surface area contributed by atoms with Crippen LogP contribution in [0.5, 0.6) is 0 Å². The van der Waals surface area contributed by atoms with Crippen molar-refractivity contribution in [2.75, 3.05) is 31.1 Å². The van der Waals surface area contributed by atoms with Gasteiger partial charge in [-0.3, -0.25) is 14.2 Å². The summed E-state index contributed by atoms with van der Waals surface area (Å²) in [5, 5.41) is 0. The summed E-state index contributed by atoms with van der Waals surface area (Å²) in [5.74, 6) is -0.523. The first-order valence-corrected chi connectivity index (χ1v) is 11.1. The summed E-state index contributed by atoms with van der Waals surface area (Å²) in [4.78, 5) is 45.9. The van der Waals surface area contributed by atoms with Crippen molar-refractivity contribution in [3.8, 4) is 0 Å². The summed E-state index contributed by atoms with van der Waals surface area (Å²) in [5.41, 5.74) is 1.58. The molecule has 9 heteroatoms. The second kappa shape index (κ2) is 8.66. The molecular weight excluding hydrogens is 437 g/mol. The Morgan fingerprint density at radius 1 is 0.971 bits per heavy atom. The summed E-state index contributed by atoms with van der Waals surface area (Å²) in [6, 6.07) is 15.6. The summed E-state index contributed by atoms with van der Waals surface area (Å²) in [6.45, 7) is 2.29. The van der Waals surface area contributed by atoms with Crippen LogP contribution in [0.15, 0.2) is 70.4 Å². The molecule has 1 amide bonds. The van der Waals surface area contributed by atoms with E-state index in [1.807, 2.05) is 30.3 Å². The highest BCUT2D eigenvalue weighted by molar-refractivity contribution is 6.05. The van der Waals surface area contributed by atoms with Crippen molar-refractivity contribution in [2.24, 2.45) is 7.05 Å². The number of hydrogen-bond acceptors (Lipinski definition) is 4. The quantitative estimate of drug-likeness (QED) is 0.505. The summed E-state index contributed by atoms with van der Waals surface area (Å²) < 4.78 is 15.9. The third-order valence-corrected chi connectivity index (χ3v) is 6.28. The molecule has 1 fully saturated rings. The minimum absolute atomic E-state index is 0.144. The number of H-pyrrole nitrogens is 1. The summed E-state index contributed by atoms with van der Waals surface area (Å²) in [7, 11) is 1.69. The first-order valence-electron chi connectivity index (χ1n) is 11.1. The fraction of sp³-hybridized carbons (Fsp3) is 0.240. The molecule has 0 unspecified atom stereocenters. The number of benzene rings is 2. The normalized spacial score (nSPS) is 14.1. The van der Waals surface area contributed by atoms with E-state index in [1.54, 1.807) is 34.8 Å². The van der Waals surface area contributed by atoms with Gasteiger partial charge in [-0.15, -0.1) is 0 Å². The van der Waals surface area contributed by atoms with Crippen molar-refractivity contribution < 1.29 is 9.18 Å². The molecule has 8 nitrogen and oxygen atoms in total. The van der Waals surface area contributed by atoms with Crippen LogP contribution in [0.2, 0.25) is 0 Å². The van der Waals surface area contributed by atoms with Crippen LogP contribution in [-0.2, 0) is 13.6 Å². The molecule has 0 spiro atoms. The monoisotopic (exact) mass is 461 g/mol. The van der Waals surface area contributed by atoms with Crippen LogP contribution >= 0.6 is 0 Å². The number of halogens is 1. The smallest absolute Gasteiger partial charge is 0.329 e. The maximum atomic E-state index is 13.3. The van der Waals surface area contributed by atoms with E-state index in [4.69, 9.17) is 0 Å². The lowest BCUT2D eigenvalue weighted by molar-refractivity contribution is 0.0748. The minimum atomic E-state index is -0.553. The predicted octanol–water partition coefficient (Wildman–Crippen LogP) is 2.18. The van der Waals surface area contributed by atoms with E-state index in [1.165, 1.54) is 12.1 Å². The number of fused-ring (bicyclic) bond motifs is 1. The van der Waals surface area contributed by atoms with Gasteiger partial charge in [0.2, 0.25) is 0 Å². The summed E-state index contributed by atoms with van der Waals surface area (Å²) >= 11 is 0. The van der Waals surface area contributed by atoms with Crippen molar-refractivity contribution in [3.05, 3.63) is 98.6 Å². The molecule has 0 atom stereocenters. The van der Waals surface area contributed by atoms with E-state index in [0.717, 1.165) is 15.8 Å². The highest BCUT2D eigenvalue weighted by atomic mass is 19.1. The van der Waals surface area contributed by atoms with Crippen LogP contribution in [0.4, 0.5) is 10.1 Å². The fourth-order valence-electron chi connectivity index (χ4n) is 4.47. The Bertz CT molecular complexity index is 1460. The molecule has 0 radical (unpaired) electrons. The number of aromatic nitrogens is 3. The number of carbonyl (C=O) groups excluding carboxylic acids is 1. The van der Waals surface area contributed by atoms with Gasteiger partial charge in [0.15, 0.2) is 0 Å².